The maximum Gasteiger partial charge on any atom is 0.338 e. The van der Waals surface area contributed by atoms with Crippen LogP contribution >= 0.6 is 0 Å². The number of carboxylic acid groups (broad SMARTS) is 1. The first-order chi connectivity index (χ1) is 12.2. The Balaban J connectivity index is 1.64. The summed E-state index contributed by atoms with van der Waals surface area (Å²) in [6.45, 7) is 4.34. The van der Waals surface area contributed by atoms with Gasteiger partial charge < -0.3 is 9.84 Å². The van der Waals surface area contributed by atoms with Gasteiger partial charge in [0.2, 0.25) is 0 Å². The standard InChI is InChI=1S/C19H21N3O3/c23-19(24)17-16-3-7-22(10-13-4-8-25-12-13)11-15(16)9-21-18(17)14-1-5-20-6-2-14/h1-2,5-6,9,13H,3-4,7-8,10-12H2,(H,23,24). The zero-order valence-corrected chi connectivity index (χ0v) is 14.0. The average molecular weight is 339 g/mol. The molecule has 0 aromatic carbocycles. The van der Waals surface area contributed by atoms with Gasteiger partial charge in [0.15, 0.2) is 0 Å². The van der Waals surface area contributed by atoms with Crippen molar-refractivity contribution in [2.75, 3.05) is 26.3 Å². The summed E-state index contributed by atoms with van der Waals surface area (Å²) in [7, 11) is 0. The molecule has 1 unspecified atom stereocenters. The fraction of sp³-hybridized carbons (Fsp3) is 0.421. The lowest BCUT2D eigenvalue weighted by Crippen LogP contribution is -2.35. The summed E-state index contributed by atoms with van der Waals surface area (Å²) in [5, 5.41) is 9.79. The van der Waals surface area contributed by atoms with Gasteiger partial charge in [-0.15, -0.1) is 0 Å². The summed E-state index contributed by atoms with van der Waals surface area (Å²) >= 11 is 0. The van der Waals surface area contributed by atoms with Crippen LogP contribution in [0.2, 0.25) is 0 Å². The number of carbonyl (C=O) groups is 1. The fourth-order valence-electron chi connectivity index (χ4n) is 3.81. The van der Waals surface area contributed by atoms with Crippen LogP contribution in [-0.4, -0.2) is 52.2 Å². The van der Waals surface area contributed by atoms with E-state index in [0.29, 0.717) is 17.2 Å². The SMILES string of the molecule is O=C(O)c1c(-c2ccncc2)ncc2c1CCN(CC1CCOC1)C2. The molecule has 2 aliphatic heterocycles. The van der Waals surface area contributed by atoms with Crippen LogP contribution in [0.4, 0.5) is 0 Å². The number of fused-ring (bicyclic) bond motifs is 1. The van der Waals surface area contributed by atoms with Gasteiger partial charge in [-0.05, 0) is 42.0 Å². The van der Waals surface area contributed by atoms with Crippen molar-refractivity contribution in [3.8, 4) is 11.3 Å². The van der Waals surface area contributed by atoms with Crippen molar-refractivity contribution in [2.45, 2.75) is 19.4 Å². The van der Waals surface area contributed by atoms with Gasteiger partial charge in [0.1, 0.15) is 0 Å². The van der Waals surface area contributed by atoms with Crippen molar-refractivity contribution in [3.63, 3.8) is 0 Å². The van der Waals surface area contributed by atoms with Crippen LogP contribution < -0.4 is 0 Å². The molecule has 1 saturated heterocycles. The van der Waals surface area contributed by atoms with Gasteiger partial charge in [0, 0.05) is 50.4 Å². The molecule has 6 heteroatoms. The molecule has 4 rings (SSSR count). The predicted octanol–water partition coefficient (Wildman–Crippen LogP) is 2.24. The van der Waals surface area contributed by atoms with Crippen LogP contribution in [0, 0.1) is 5.92 Å². The highest BCUT2D eigenvalue weighted by molar-refractivity contribution is 5.96. The van der Waals surface area contributed by atoms with E-state index in [-0.39, 0.29) is 0 Å². The van der Waals surface area contributed by atoms with Gasteiger partial charge in [-0.25, -0.2) is 4.79 Å². The number of rotatable bonds is 4. The monoisotopic (exact) mass is 339 g/mol. The highest BCUT2D eigenvalue weighted by Crippen LogP contribution is 2.30. The summed E-state index contributed by atoms with van der Waals surface area (Å²) < 4.78 is 5.46. The number of aromatic carboxylic acids is 1. The minimum absolute atomic E-state index is 0.340. The number of nitrogens with zero attached hydrogens (tertiary/aromatic N) is 3. The zero-order valence-electron chi connectivity index (χ0n) is 14.0. The van der Waals surface area contributed by atoms with E-state index in [1.165, 1.54) is 0 Å². The van der Waals surface area contributed by atoms with E-state index in [1.54, 1.807) is 24.5 Å². The Labute approximate surface area is 146 Å². The number of aromatic nitrogens is 2. The number of hydrogen-bond acceptors (Lipinski definition) is 5. The lowest BCUT2D eigenvalue weighted by Gasteiger charge is -2.31. The van der Waals surface area contributed by atoms with Crippen LogP contribution in [0.25, 0.3) is 11.3 Å². The molecule has 6 nitrogen and oxygen atoms in total. The Morgan fingerprint density at radius 3 is 2.92 bits per heavy atom. The summed E-state index contributed by atoms with van der Waals surface area (Å²) in [5.41, 5.74) is 3.62. The lowest BCUT2D eigenvalue weighted by molar-refractivity contribution is 0.0695. The Bertz CT molecular complexity index is 773. The first kappa shape index (κ1) is 16.2. The van der Waals surface area contributed by atoms with Crippen molar-refractivity contribution in [2.24, 2.45) is 5.92 Å². The second-order valence-corrected chi connectivity index (χ2v) is 6.74. The van der Waals surface area contributed by atoms with E-state index >= 15 is 0 Å². The van der Waals surface area contributed by atoms with E-state index in [0.717, 1.165) is 62.4 Å². The Hall–Kier alpha value is -2.31. The van der Waals surface area contributed by atoms with Crippen molar-refractivity contribution in [1.29, 1.82) is 0 Å². The molecule has 0 saturated carbocycles. The third-order valence-corrected chi connectivity index (χ3v) is 5.06. The topological polar surface area (TPSA) is 75.5 Å². The van der Waals surface area contributed by atoms with Gasteiger partial charge in [-0.2, -0.15) is 0 Å². The fourth-order valence-corrected chi connectivity index (χ4v) is 3.81. The van der Waals surface area contributed by atoms with Crippen molar-refractivity contribution < 1.29 is 14.6 Å². The Kier molecular flexibility index (Phi) is 4.46. The molecule has 2 aromatic rings. The molecule has 0 spiro atoms. The molecule has 1 N–H and O–H groups in total. The largest absolute Gasteiger partial charge is 0.478 e. The molecule has 1 atom stereocenters. The van der Waals surface area contributed by atoms with Crippen LogP contribution in [0.15, 0.2) is 30.7 Å². The number of pyridine rings is 2. The third kappa shape index (κ3) is 3.27. The van der Waals surface area contributed by atoms with E-state index in [9.17, 15) is 9.90 Å². The molecule has 4 heterocycles. The van der Waals surface area contributed by atoms with Crippen molar-refractivity contribution >= 4 is 5.97 Å². The van der Waals surface area contributed by atoms with Crippen LogP contribution in [0.5, 0.6) is 0 Å². The average Bonchev–Trinajstić information content (AvgIpc) is 3.14. The molecule has 0 amide bonds. The molecule has 130 valence electrons. The molecule has 2 aliphatic rings. The maximum atomic E-state index is 11.9. The summed E-state index contributed by atoms with van der Waals surface area (Å²) in [5.74, 6) is -0.321. The van der Waals surface area contributed by atoms with Gasteiger partial charge in [0.25, 0.3) is 0 Å². The van der Waals surface area contributed by atoms with Crippen LogP contribution in [0.1, 0.15) is 27.9 Å². The molecule has 2 aromatic heterocycles. The van der Waals surface area contributed by atoms with Crippen LogP contribution in [0.3, 0.4) is 0 Å². The normalized spacial score (nSPS) is 20.4. The second kappa shape index (κ2) is 6.90. The second-order valence-electron chi connectivity index (χ2n) is 6.74. The van der Waals surface area contributed by atoms with E-state index in [4.69, 9.17) is 4.74 Å². The quantitative estimate of drug-likeness (QED) is 0.921. The smallest absolute Gasteiger partial charge is 0.338 e. The minimum atomic E-state index is -0.909. The highest BCUT2D eigenvalue weighted by atomic mass is 16.5. The Morgan fingerprint density at radius 1 is 1.36 bits per heavy atom. The van der Waals surface area contributed by atoms with E-state index in [1.807, 2.05) is 6.20 Å². The Morgan fingerprint density at radius 2 is 2.20 bits per heavy atom. The highest BCUT2D eigenvalue weighted by Gasteiger charge is 2.27. The number of ether oxygens (including phenoxy) is 1. The molecule has 1 fully saturated rings. The zero-order chi connectivity index (χ0) is 17.2. The lowest BCUT2D eigenvalue weighted by atomic mass is 9.92. The molecular weight excluding hydrogens is 318 g/mol. The van der Waals surface area contributed by atoms with Crippen LogP contribution in [-0.2, 0) is 17.7 Å². The summed E-state index contributed by atoms with van der Waals surface area (Å²) in [6.07, 6.45) is 7.02. The van der Waals surface area contributed by atoms with Crippen molar-refractivity contribution in [3.05, 3.63) is 47.4 Å². The van der Waals surface area contributed by atoms with Gasteiger partial charge in [-0.3, -0.25) is 14.9 Å². The molecule has 0 aliphatic carbocycles. The molecule has 25 heavy (non-hydrogen) atoms. The minimum Gasteiger partial charge on any atom is -0.478 e. The third-order valence-electron chi connectivity index (χ3n) is 5.06. The number of carboxylic acids is 1. The predicted molar refractivity (Wildman–Crippen MR) is 92.3 cm³/mol. The van der Waals surface area contributed by atoms with Crippen molar-refractivity contribution in [1.82, 2.24) is 14.9 Å². The summed E-state index contributed by atoms with van der Waals surface area (Å²) in [6, 6.07) is 3.60. The first-order valence-corrected chi connectivity index (χ1v) is 8.67. The first-order valence-electron chi connectivity index (χ1n) is 8.67. The number of hydrogen-bond donors (Lipinski definition) is 1. The molecular formula is C19H21N3O3. The molecule has 0 radical (unpaired) electrons. The van der Waals surface area contributed by atoms with Gasteiger partial charge >= 0.3 is 5.97 Å². The van der Waals surface area contributed by atoms with E-state index in [2.05, 4.69) is 14.9 Å². The van der Waals surface area contributed by atoms with Gasteiger partial charge in [0.05, 0.1) is 17.9 Å². The summed E-state index contributed by atoms with van der Waals surface area (Å²) in [4.78, 5) is 22.8. The van der Waals surface area contributed by atoms with E-state index < -0.39 is 5.97 Å². The van der Waals surface area contributed by atoms with Gasteiger partial charge in [-0.1, -0.05) is 0 Å². The maximum absolute atomic E-state index is 11.9. The molecule has 0 bridgehead atoms.